The van der Waals surface area contributed by atoms with Gasteiger partial charge in [0.15, 0.2) is 0 Å². The molecule has 2 aliphatic heterocycles. The van der Waals surface area contributed by atoms with Crippen molar-refractivity contribution in [3.8, 4) is 0 Å². The Hall–Kier alpha value is -3.72. The maximum atomic E-state index is 14.1. The van der Waals surface area contributed by atoms with Gasteiger partial charge in [-0.15, -0.1) is 0 Å². The van der Waals surface area contributed by atoms with Gasteiger partial charge in [-0.25, -0.2) is 0 Å². The summed E-state index contributed by atoms with van der Waals surface area (Å²) in [6.45, 7) is 13.0. The molecule has 2 fully saturated rings. The van der Waals surface area contributed by atoms with E-state index in [9.17, 15) is 19.2 Å². The quantitative estimate of drug-likeness (QED) is 0.370. The molecule has 2 aromatic carbocycles. The van der Waals surface area contributed by atoms with Gasteiger partial charge < -0.3 is 20.4 Å². The maximum absolute atomic E-state index is 14.1. The molecule has 2 saturated heterocycles. The molecule has 46 heavy (non-hydrogen) atoms. The fourth-order valence-electron chi connectivity index (χ4n) is 6.72. The molecule has 0 aliphatic carbocycles. The Balaban J connectivity index is 1.48. The molecule has 2 aliphatic rings. The van der Waals surface area contributed by atoms with E-state index in [0.717, 1.165) is 43.0 Å². The molecule has 250 valence electrons. The number of rotatable bonds is 9. The summed E-state index contributed by atoms with van der Waals surface area (Å²) in [6, 6.07) is 11.8. The lowest BCUT2D eigenvalue weighted by Crippen LogP contribution is -2.59. The van der Waals surface area contributed by atoms with Crippen LogP contribution >= 0.6 is 0 Å². The number of likely N-dealkylation sites (tertiary alicyclic amines) is 2. The van der Waals surface area contributed by atoms with Crippen LogP contribution in [0.25, 0.3) is 10.8 Å². The summed E-state index contributed by atoms with van der Waals surface area (Å²) in [7, 11) is 3.70. The molecule has 2 N–H and O–H groups in total. The van der Waals surface area contributed by atoms with E-state index in [1.54, 1.807) is 23.8 Å². The standard InChI is InChI=1S/C37H53N5O4/c1-24(2)31(41(8)36(46)32(37(4,5)6)39-33(43)29-16-11-12-20-40(29)7)22-25(3)35(45)42-21-13-17-30(42)34(44)38-28-19-18-26-14-9-10-15-27(26)23-28/h9-10,14-15,18-19,22-24,29-32H,11-13,16-17,20-21H2,1-8H3,(H,38,44)(H,39,43)/b25-22+/t29?,30-,31+,32?/m0/s1. The third-order valence-electron chi connectivity index (χ3n) is 9.54. The van der Waals surface area contributed by atoms with Crippen molar-refractivity contribution < 1.29 is 19.2 Å². The zero-order valence-electron chi connectivity index (χ0n) is 28.9. The minimum atomic E-state index is -0.729. The van der Waals surface area contributed by atoms with Gasteiger partial charge in [0.05, 0.1) is 12.1 Å². The Labute approximate surface area is 274 Å². The van der Waals surface area contributed by atoms with Crippen LogP contribution in [0.5, 0.6) is 0 Å². The molecule has 9 nitrogen and oxygen atoms in total. The number of likely N-dealkylation sites (N-methyl/N-ethyl adjacent to an activating group) is 2. The van der Waals surface area contributed by atoms with Crippen LogP contribution in [0.2, 0.25) is 0 Å². The average molecular weight is 632 g/mol. The van der Waals surface area contributed by atoms with Gasteiger partial charge in [-0.05, 0) is 80.4 Å². The van der Waals surface area contributed by atoms with Crippen molar-refractivity contribution in [1.82, 2.24) is 20.0 Å². The van der Waals surface area contributed by atoms with E-state index in [4.69, 9.17) is 0 Å². The highest BCUT2D eigenvalue weighted by Crippen LogP contribution is 2.27. The molecule has 4 rings (SSSR count). The molecule has 2 aromatic rings. The van der Waals surface area contributed by atoms with Crippen LogP contribution < -0.4 is 10.6 Å². The van der Waals surface area contributed by atoms with Crippen LogP contribution in [0.15, 0.2) is 54.1 Å². The van der Waals surface area contributed by atoms with Crippen molar-refractivity contribution >= 4 is 40.1 Å². The molecule has 0 saturated carbocycles. The van der Waals surface area contributed by atoms with Crippen molar-refractivity contribution in [3.05, 3.63) is 54.1 Å². The molecule has 2 heterocycles. The van der Waals surface area contributed by atoms with Crippen molar-refractivity contribution in [2.24, 2.45) is 11.3 Å². The molecule has 2 unspecified atom stereocenters. The van der Waals surface area contributed by atoms with E-state index in [1.807, 2.05) is 90.2 Å². The monoisotopic (exact) mass is 631 g/mol. The summed E-state index contributed by atoms with van der Waals surface area (Å²) in [5, 5.41) is 8.23. The van der Waals surface area contributed by atoms with Crippen LogP contribution in [0.1, 0.15) is 73.6 Å². The smallest absolute Gasteiger partial charge is 0.249 e. The van der Waals surface area contributed by atoms with E-state index < -0.39 is 17.5 Å². The van der Waals surface area contributed by atoms with E-state index in [2.05, 4.69) is 15.5 Å². The lowest BCUT2D eigenvalue weighted by atomic mass is 9.84. The zero-order chi connectivity index (χ0) is 33.8. The predicted octanol–water partition coefficient (Wildman–Crippen LogP) is 5.21. The number of anilines is 1. The van der Waals surface area contributed by atoms with Gasteiger partial charge >= 0.3 is 0 Å². The third kappa shape index (κ3) is 8.16. The van der Waals surface area contributed by atoms with Gasteiger partial charge in [0.2, 0.25) is 23.6 Å². The SMILES string of the molecule is C/C(=C\[C@H](C(C)C)N(C)C(=O)C(NC(=O)C1CCCCN1C)C(C)(C)C)C(=O)N1CCC[C@H]1C(=O)Nc1ccc2ccccc2c1. The fourth-order valence-corrected chi connectivity index (χ4v) is 6.72. The first kappa shape index (κ1) is 35.1. The Morgan fingerprint density at radius 1 is 0.913 bits per heavy atom. The molecule has 0 spiro atoms. The summed E-state index contributed by atoms with van der Waals surface area (Å²) in [5.41, 5.74) is 0.667. The second kappa shape index (κ2) is 14.8. The first-order chi connectivity index (χ1) is 21.7. The number of carbonyl (C=O) groups excluding carboxylic acids is 4. The number of carbonyl (C=O) groups is 4. The summed E-state index contributed by atoms with van der Waals surface area (Å²) in [5.74, 6) is -0.710. The fraction of sp³-hybridized carbons (Fsp3) is 0.568. The molecule has 0 radical (unpaired) electrons. The molecule has 4 atom stereocenters. The number of benzene rings is 2. The van der Waals surface area contributed by atoms with Crippen LogP contribution in [0.4, 0.5) is 5.69 Å². The summed E-state index contributed by atoms with van der Waals surface area (Å²) < 4.78 is 0. The van der Waals surface area contributed by atoms with Gasteiger partial charge in [-0.2, -0.15) is 0 Å². The van der Waals surface area contributed by atoms with E-state index >= 15 is 0 Å². The van der Waals surface area contributed by atoms with Crippen molar-refractivity contribution in [3.63, 3.8) is 0 Å². The highest BCUT2D eigenvalue weighted by Gasteiger charge is 2.40. The maximum Gasteiger partial charge on any atom is 0.249 e. The summed E-state index contributed by atoms with van der Waals surface area (Å²) in [4.78, 5) is 60.0. The minimum Gasteiger partial charge on any atom is -0.342 e. The van der Waals surface area contributed by atoms with Gasteiger partial charge in [0.25, 0.3) is 0 Å². The molecule has 0 bridgehead atoms. The van der Waals surface area contributed by atoms with Gasteiger partial charge in [-0.3, -0.25) is 24.1 Å². The third-order valence-corrected chi connectivity index (χ3v) is 9.54. The Morgan fingerprint density at radius 3 is 2.24 bits per heavy atom. The van der Waals surface area contributed by atoms with E-state index in [0.29, 0.717) is 24.2 Å². The second-order valence-corrected chi connectivity index (χ2v) is 14.5. The lowest BCUT2D eigenvalue weighted by Gasteiger charge is -2.39. The number of piperidine rings is 1. The van der Waals surface area contributed by atoms with Crippen LogP contribution in [-0.2, 0) is 19.2 Å². The van der Waals surface area contributed by atoms with Gasteiger partial charge in [-0.1, -0.05) is 77.4 Å². The highest BCUT2D eigenvalue weighted by atomic mass is 16.2. The Kier molecular flexibility index (Phi) is 11.3. The minimum absolute atomic E-state index is 0.00285. The largest absolute Gasteiger partial charge is 0.342 e. The van der Waals surface area contributed by atoms with E-state index in [-0.39, 0.29) is 41.6 Å². The van der Waals surface area contributed by atoms with Crippen molar-refractivity contribution in [1.29, 1.82) is 0 Å². The summed E-state index contributed by atoms with van der Waals surface area (Å²) in [6.07, 6.45) is 6.01. The molecular weight excluding hydrogens is 578 g/mol. The number of amides is 4. The lowest BCUT2D eigenvalue weighted by molar-refractivity contribution is -0.141. The number of nitrogens with one attached hydrogen (secondary N) is 2. The normalized spacial score (nSPS) is 20.8. The van der Waals surface area contributed by atoms with Crippen LogP contribution in [-0.4, -0.2) is 89.7 Å². The Bertz CT molecular complexity index is 1460. The van der Waals surface area contributed by atoms with Crippen molar-refractivity contribution in [2.75, 3.05) is 32.5 Å². The van der Waals surface area contributed by atoms with Gasteiger partial charge in [0, 0.05) is 24.9 Å². The van der Waals surface area contributed by atoms with E-state index in [1.165, 1.54) is 0 Å². The second-order valence-electron chi connectivity index (χ2n) is 14.5. The first-order valence-electron chi connectivity index (χ1n) is 16.8. The molecule has 0 aromatic heterocycles. The van der Waals surface area contributed by atoms with Gasteiger partial charge in [0.1, 0.15) is 12.1 Å². The predicted molar refractivity (Wildman–Crippen MR) is 184 cm³/mol. The summed E-state index contributed by atoms with van der Waals surface area (Å²) >= 11 is 0. The van der Waals surface area contributed by atoms with Crippen LogP contribution in [0.3, 0.4) is 0 Å². The molecule has 9 heteroatoms. The molecular formula is C37H53N5O4. The Morgan fingerprint density at radius 2 is 1.59 bits per heavy atom. The average Bonchev–Trinajstić information content (AvgIpc) is 3.51. The topological polar surface area (TPSA) is 102 Å². The number of nitrogens with zero attached hydrogens (tertiary/aromatic N) is 3. The highest BCUT2D eigenvalue weighted by molar-refractivity contribution is 6.02. The van der Waals surface area contributed by atoms with Crippen molar-refractivity contribution in [2.45, 2.75) is 97.8 Å². The number of hydrogen-bond acceptors (Lipinski definition) is 5. The number of hydrogen-bond donors (Lipinski definition) is 2. The zero-order valence-corrected chi connectivity index (χ0v) is 28.9. The van der Waals surface area contributed by atoms with Crippen LogP contribution in [0, 0.1) is 11.3 Å². The number of fused-ring (bicyclic) bond motifs is 1. The molecule has 4 amide bonds. The first-order valence-corrected chi connectivity index (χ1v) is 16.8.